The van der Waals surface area contributed by atoms with Crippen molar-refractivity contribution in [3.63, 3.8) is 0 Å². The van der Waals surface area contributed by atoms with Gasteiger partial charge in [-0.3, -0.25) is 9.52 Å². The van der Waals surface area contributed by atoms with Gasteiger partial charge in [0.2, 0.25) is 0 Å². The van der Waals surface area contributed by atoms with E-state index in [1.54, 1.807) is 41.8 Å². The predicted octanol–water partition coefficient (Wildman–Crippen LogP) is 4.73. The lowest BCUT2D eigenvalue weighted by atomic mass is 9.95. The molecule has 7 heteroatoms. The molecule has 27 heavy (non-hydrogen) atoms. The molecule has 2 aromatic rings. The number of rotatable bonds is 5. The third kappa shape index (κ3) is 5.11. The molecule has 1 amide bonds. The van der Waals surface area contributed by atoms with E-state index in [1.165, 1.54) is 43.4 Å². The number of anilines is 1. The van der Waals surface area contributed by atoms with Crippen LogP contribution in [0.25, 0.3) is 0 Å². The van der Waals surface area contributed by atoms with Gasteiger partial charge in [-0.05, 0) is 48.6 Å². The first-order chi connectivity index (χ1) is 13.0. The fourth-order valence-electron chi connectivity index (χ4n) is 3.49. The average Bonchev–Trinajstić information content (AvgIpc) is 3.16. The maximum absolute atomic E-state index is 12.8. The number of thiophene rings is 1. The molecule has 0 atom stereocenters. The van der Waals surface area contributed by atoms with Gasteiger partial charge in [-0.1, -0.05) is 38.2 Å². The van der Waals surface area contributed by atoms with Crippen LogP contribution in [-0.2, 0) is 10.0 Å². The van der Waals surface area contributed by atoms with Crippen LogP contribution < -0.4 is 4.72 Å². The van der Waals surface area contributed by atoms with Crippen LogP contribution >= 0.6 is 11.3 Å². The van der Waals surface area contributed by atoms with E-state index in [2.05, 4.69) is 4.72 Å². The summed E-state index contributed by atoms with van der Waals surface area (Å²) in [5.74, 6) is -0.00626. The fraction of sp³-hybridized carbons (Fsp3) is 0.450. The van der Waals surface area contributed by atoms with Gasteiger partial charge in [0.1, 0.15) is 4.21 Å². The summed E-state index contributed by atoms with van der Waals surface area (Å²) in [5, 5.41) is 1.72. The van der Waals surface area contributed by atoms with Crippen LogP contribution in [0.15, 0.2) is 46.0 Å². The van der Waals surface area contributed by atoms with Gasteiger partial charge in [-0.15, -0.1) is 11.3 Å². The van der Waals surface area contributed by atoms with Crippen molar-refractivity contribution >= 4 is 33.0 Å². The Hall–Kier alpha value is -1.86. The highest BCUT2D eigenvalue weighted by Gasteiger charge is 2.22. The molecule has 1 aliphatic rings. The molecule has 146 valence electrons. The third-order valence-electron chi connectivity index (χ3n) is 5.09. The van der Waals surface area contributed by atoms with Gasteiger partial charge < -0.3 is 4.90 Å². The van der Waals surface area contributed by atoms with Gasteiger partial charge in [-0.25, -0.2) is 8.42 Å². The summed E-state index contributed by atoms with van der Waals surface area (Å²) >= 11 is 1.17. The molecular weight excluding hydrogens is 380 g/mol. The molecule has 0 saturated heterocycles. The van der Waals surface area contributed by atoms with Crippen LogP contribution in [0.2, 0.25) is 0 Å². The molecule has 5 nitrogen and oxygen atoms in total. The van der Waals surface area contributed by atoms with Crippen LogP contribution in [0.4, 0.5) is 5.69 Å². The highest BCUT2D eigenvalue weighted by atomic mass is 32.2. The second-order valence-electron chi connectivity index (χ2n) is 7.03. The molecule has 1 heterocycles. The molecule has 0 radical (unpaired) electrons. The molecule has 1 saturated carbocycles. The molecular formula is C20H26N2O3S2. The number of hydrogen-bond acceptors (Lipinski definition) is 4. The van der Waals surface area contributed by atoms with E-state index in [9.17, 15) is 13.2 Å². The standard InChI is InChI=1S/C20H26N2O3S2/c1-22(18-8-5-3-2-4-6-9-18)20(23)16-11-13-17(14-12-16)21-27(24,25)19-10-7-15-26-19/h7,10-15,18,21H,2-6,8-9H2,1H3. The molecule has 0 aliphatic heterocycles. The van der Waals surface area contributed by atoms with Crippen molar-refractivity contribution in [1.29, 1.82) is 0 Å². The van der Waals surface area contributed by atoms with Crippen molar-refractivity contribution in [2.75, 3.05) is 11.8 Å². The minimum absolute atomic E-state index is 0.00626. The van der Waals surface area contributed by atoms with Gasteiger partial charge in [0, 0.05) is 24.3 Å². The second kappa shape index (κ2) is 8.89. The summed E-state index contributed by atoms with van der Waals surface area (Å²) in [6, 6.07) is 10.2. The summed E-state index contributed by atoms with van der Waals surface area (Å²) in [6.45, 7) is 0. The number of amides is 1. The highest BCUT2D eigenvalue weighted by Crippen LogP contribution is 2.23. The zero-order valence-corrected chi connectivity index (χ0v) is 17.2. The first-order valence-electron chi connectivity index (χ1n) is 9.41. The molecule has 0 bridgehead atoms. The zero-order chi connectivity index (χ0) is 19.3. The van der Waals surface area contributed by atoms with Crippen molar-refractivity contribution in [1.82, 2.24) is 4.90 Å². The second-order valence-corrected chi connectivity index (χ2v) is 9.89. The maximum atomic E-state index is 12.8. The summed E-state index contributed by atoms with van der Waals surface area (Å²) < 4.78 is 27.4. The number of nitrogens with one attached hydrogen (secondary N) is 1. The monoisotopic (exact) mass is 406 g/mol. The highest BCUT2D eigenvalue weighted by molar-refractivity contribution is 7.94. The van der Waals surface area contributed by atoms with E-state index in [0.717, 1.165) is 12.8 Å². The topological polar surface area (TPSA) is 66.5 Å². The Kier molecular flexibility index (Phi) is 6.55. The van der Waals surface area contributed by atoms with Gasteiger partial charge in [0.25, 0.3) is 15.9 Å². The van der Waals surface area contributed by atoms with Crippen LogP contribution in [0.1, 0.15) is 55.3 Å². The van der Waals surface area contributed by atoms with Crippen molar-refractivity contribution in [3.05, 3.63) is 47.3 Å². The SMILES string of the molecule is CN(C(=O)c1ccc(NS(=O)(=O)c2cccs2)cc1)C1CCCCCCC1. The Morgan fingerprint density at radius 2 is 1.67 bits per heavy atom. The number of carbonyl (C=O) groups excluding carboxylic acids is 1. The van der Waals surface area contributed by atoms with E-state index in [4.69, 9.17) is 0 Å². The van der Waals surface area contributed by atoms with Crippen molar-refractivity contribution in [2.45, 2.75) is 55.2 Å². The van der Waals surface area contributed by atoms with E-state index < -0.39 is 10.0 Å². The van der Waals surface area contributed by atoms with Crippen LogP contribution in [-0.4, -0.2) is 32.3 Å². The fourth-order valence-corrected chi connectivity index (χ4v) is 5.55. The van der Waals surface area contributed by atoms with Crippen LogP contribution in [0.5, 0.6) is 0 Å². The Morgan fingerprint density at radius 1 is 1.04 bits per heavy atom. The third-order valence-corrected chi connectivity index (χ3v) is 7.87. The first-order valence-corrected chi connectivity index (χ1v) is 11.8. The largest absolute Gasteiger partial charge is 0.339 e. The number of benzene rings is 1. The summed E-state index contributed by atoms with van der Waals surface area (Å²) in [5.41, 5.74) is 1.03. The Morgan fingerprint density at radius 3 is 2.26 bits per heavy atom. The molecule has 3 rings (SSSR count). The zero-order valence-electron chi connectivity index (χ0n) is 15.6. The lowest BCUT2D eigenvalue weighted by molar-refractivity contribution is 0.0707. The van der Waals surface area contributed by atoms with Gasteiger partial charge in [0.15, 0.2) is 0 Å². The number of sulfonamides is 1. The van der Waals surface area contributed by atoms with Crippen molar-refractivity contribution in [3.8, 4) is 0 Å². The molecule has 1 aliphatic carbocycles. The number of nitrogens with zero attached hydrogens (tertiary/aromatic N) is 1. The lowest BCUT2D eigenvalue weighted by Gasteiger charge is -2.30. The van der Waals surface area contributed by atoms with E-state index in [-0.39, 0.29) is 16.2 Å². The minimum atomic E-state index is -3.57. The van der Waals surface area contributed by atoms with Crippen LogP contribution in [0, 0.1) is 0 Å². The Labute approximate surface area is 165 Å². The quantitative estimate of drug-likeness (QED) is 0.780. The molecule has 1 fully saturated rings. The molecule has 0 spiro atoms. The van der Waals surface area contributed by atoms with Crippen LogP contribution in [0.3, 0.4) is 0 Å². The molecule has 1 aromatic carbocycles. The smallest absolute Gasteiger partial charge is 0.271 e. The average molecular weight is 407 g/mol. The first kappa shape index (κ1) is 19.9. The van der Waals surface area contributed by atoms with Gasteiger partial charge in [-0.2, -0.15) is 0 Å². The Bertz CT molecular complexity index is 838. The van der Waals surface area contributed by atoms with E-state index in [1.807, 2.05) is 11.9 Å². The predicted molar refractivity (Wildman–Crippen MR) is 110 cm³/mol. The Balaban J connectivity index is 1.66. The normalized spacial score (nSPS) is 16.3. The summed E-state index contributed by atoms with van der Waals surface area (Å²) in [4.78, 5) is 14.7. The lowest BCUT2D eigenvalue weighted by Crippen LogP contribution is -2.37. The molecule has 1 N–H and O–H groups in total. The summed E-state index contributed by atoms with van der Waals surface area (Å²) in [6.07, 6.45) is 8.25. The molecule has 1 aromatic heterocycles. The minimum Gasteiger partial charge on any atom is -0.339 e. The van der Waals surface area contributed by atoms with E-state index >= 15 is 0 Å². The number of hydrogen-bond donors (Lipinski definition) is 1. The number of carbonyl (C=O) groups is 1. The van der Waals surface area contributed by atoms with Gasteiger partial charge >= 0.3 is 0 Å². The van der Waals surface area contributed by atoms with Crippen molar-refractivity contribution in [2.24, 2.45) is 0 Å². The van der Waals surface area contributed by atoms with Gasteiger partial charge in [0.05, 0.1) is 0 Å². The van der Waals surface area contributed by atoms with Crippen molar-refractivity contribution < 1.29 is 13.2 Å². The molecule has 0 unspecified atom stereocenters. The van der Waals surface area contributed by atoms with E-state index in [0.29, 0.717) is 11.3 Å². The maximum Gasteiger partial charge on any atom is 0.271 e. The summed E-state index contributed by atoms with van der Waals surface area (Å²) in [7, 11) is -1.69.